The van der Waals surface area contributed by atoms with Gasteiger partial charge in [-0.25, -0.2) is 8.42 Å². The molecule has 1 aromatic rings. The lowest BCUT2D eigenvalue weighted by Crippen LogP contribution is -2.41. The van der Waals surface area contributed by atoms with Crippen molar-refractivity contribution in [1.29, 1.82) is 0 Å². The van der Waals surface area contributed by atoms with E-state index in [0.717, 1.165) is 12.1 Å². The molecule has 1 unspecified atom stereocenters. The number of hydrogen-bond donors (Lipinski definition) is 2. The molecule has 1 rings (SSSR count). The van der Waals surface area contributed by atoms with Gasteiger partial charge in [-0.05, 0) is 36.6 Å². The Bertz CT molecular complexity index is 601. The quantitative estimate of drug-likeness (QED) is 0.795. The summed E-state index contributed by atoms with van der Waals surface area (Å²) < 4.78 is 47.4. The van der Waals surface area contributed by atoms with E-state index >= 15 is 0 Å². The van der Waals surface area contributed by atoms with Gasteiger partial charge in [0.1, 0.15) is 0 Å². The first kappa shape index (κ1) is 18.5. The number of amides is 1. The van der Waals surface area contributed by atoms with Crippen molar-refractivity contribution in [2.45, 2.75) is 37.0 Å². The zero-order valence-corrected chi connectivity index (χ0v) is 13.2. The van der Waals surface area contributed by atoms with Gasteiger partial charge in [-0.1, -0.05) is 13.8 Å². The molecule has 0 heterocycles. The first-order valence-corrected chi connectivity index (χ1v) is 8.36. The van der Waals surface area contributed by atoms with Crippen molar-refractivity contribution in [2.75, 3.05) is 6.54 Å². The minimum Gasteiger partial charge on any atom is -0.348 e. The van der Waals surface area contributed by atoms with Crippen LogP contribution in [0.2, 0.25) is 0 Å². The minimum atomic E-state index is -4.65. The molecule has 0 saturated heterocycles. The molecule has 8 heteroatoms. The van der Waals surface area contributed by atoms with E-state index in [-0.39, 0.29) is 18.2 Å². The summed E-state index contributed by atoms with van der Waals surface area (Å²) >= 11 is 0. The van der Waals surface area contributed by atoms with Crippen LogP contribution < -0.4 is 11.1 Å². The van der Waals surface area contributed by atoms with Crippen LogP contribution in [0.15, 0.2) is 29.2 Å². The van der Waals surface area contributed by atoms with Gasteiger partial charge in [0.15, 0.2) is 0 Å². The molecule has 0 aliphatic carbocycles. The number of benzene rings is 1. The Morgan fingerprint density at radius 2 is 1.77 bits per heavy atom. The van der Waals surface area contributed by atoms with E-state index in [0.29, 0.717) is 12.3 Å². The minimum absolute atomic E-state index is 0.190. The molecule has 1 aromatic carbocycles. The fraction of sp³-hybridized carbons (Fsp3) is 0.500. The summed E-state index contributed by atoms with van der Waals surface area (Å²) in [5, 5.41) is 2.73. The zero-order chi connectivity index (χ0) is 16.9. The van der Waals surface area contributed by atoms with Gasteiger partial charge >= 0.3 is 5.76 Å². The number of rotatable bonds is 7. The zero-order valence-electron chi connectivity index (χ0n) is 12.4. The van der Waals surface area contributed by atoms with Crippen LogP contribution in [0.5, 0.6) is 0 Å². The standard InChI is InChI=1S/C14H20F2N2O3S/c1-9(2)7-11(8-17)18-13(19)10-3-5-12(6-4-10)22(20,21)14(15)16/h3-6,9,11,14H,7-8,17H2,1-2H3,(H,18,19). The number of nitrogens with two attached hydrogens (primary N) is 1. The highest BCUT2D eigenvalue weighted by atomic mass is 32.2. The third-order valence-electron chi connectivity index (χ3n) is 3.06. The van der Waals surface area contributed by atoms with Crippen LogP contribution >= 0.6 is 0 Å². The van der Waals surface area contributed by atoms with Crippen molar-refractivity contribution in [1.82, 2.24) is 5.32 Å². The van der Waals surface area contributed by atoms with Crippen molar-refractivity contribution >= 4 is 15.7 Å². The van der Waals surface area contributed by atoms with E-state index in [2.05, 4.69) is 5.32 Å². The van der Waals surface area contributed by atoms with Gasteiger partial charge < -0.3 is 11.1 Å². The third kappa shape index (κ3) is 4.74. The van der Waals surface area contributed by atoms with Gasteiger partial charge in [0.2, 0.25) is 9.84 Å². The van der Waals surface area contributed by atoms with Gasteiger partial charge in [-0.15, -0.1) is 0 Å². The second-order valence-electron chi connectivity index (χ2n) is 5.37. The molecule has 0 saturated carbocycles. The van der Waals surface area contributed by atoms with Crippen molar-refractivity contribution in [3.05, 3.63) is 29.8 Å². The van der Waals surface area contributed by atoms with Crippen molar-refractivity contribution in [3.8, 4) is 0 Å². The van der Waals surface area contributed by atoms with E-state index in [9.17, 15) is 22.0 Å². The summed E-state index contributed by atoms with van der Waals surface area (Å²) in [5.41, 5.74) is 5.77. The normalized spacial score (nSPS) is 13.4. The lowest BCUT2D eigenvalue weighted by Gasteiger charge is -2.18. The van der Waals surface area contributed by atoms with Gasteiger partial charge in [-0.3, -0.25) is 4.79 Å². The van der Waals surface area contributed by atoms with E-state index in [1.54, 1.807) is 0 Å². The van der Waals surface area contributed by atoms with E-state index in [1.165, 1.54) is 12.1 Å². The molecule has 0 aliphatic rings. The van der Waals surface area contributed by atoms with Gasteiger partial charge in [0.05, 0.1) is 4.90 Å². The smallest absolute Gasteiger partial charge is 0.341 e. The Morgan fingerprint density at radius 3 is 2.18 bits per heavy atom. The summed E-state index contributed by atoms with van der Waals surface area (Å²) in [6, 6.07) is 4.20. The molecule has 22 heavy (non-hydrogen) atoms. The molecular formula is C14H20F2N2O3S. The molecule has 3 N–H and O–H groups in total. The van der Waals surface area contributed by atoms with E-state index in [1.807, 2.05) is 13.8 Å². The monoisotopic (exact) mass is 334 g/mol. The number of sulfone groups is 1. The maximum atomic E-state index is 12.4. The summed E-state index contributed by atoms with van der Waals surface area (Å²) in [6.45, 7) is 4.28. The molecule has 0 radical (unpaired) electrons. The van der Waals surface area contributed by atoms with Gasteiger partial charge in [0, 0.05) is 18.2 Å². The Kier molecular flexibility index (Phi) is 6.43. The Balaban J connectivity index is 2.84. The van der Waals surface area contributed by atoms with Crippen LogP contribution in [-0.2, 0) is 9.84 Å². The molecule has 0 aromatic heterocycles. The highest BCUT2D eigenvalue weighted by Gasteiger charge is 2.26. The summed E-state index contributed by atoms with van der Waals surface area (Å²) in [6.07, 6.45) is 0.708. The average molecular weight is 334 g/mol. The number of alkyl halides is 2. The molecule has 5 nitrogen and oxygen atoms in total. The van der Waals surface area contributed by atoms with E-state index in [4.69, 9.17) is 5.73 Å². The summed E-state index contributed by atoms with van der Waals surface area (Å²) in [7, 11) is -4.65. The molecule has 0 aliphatic heterocycles. The summed E-state index contributed by atoms with van der Waals surface area (Å²) in [5.74, 6) is -3.55. The van der Waals surface area contributed by atoms with Crippen LogP contribution in [0, 0.1) is 5.92 Å². The Labute approximate surface area is 128 Å². The number of hydrogen-bond acceptors (Lipinski definition) is 4. The SMILES string of the molecule is CC(C)CC(CN)NC(=O)c1ccc(S(=O)(=O)C(F)F)cc1. The van der Waals surface area contributed by atoms with Crippen molar-refractivity contribution in [3.63, 3.8) is 0 Å². The molecule has 0 fully saturated rings. The van der Waals surface area contributed by atoms with Crippen LogP contribution in [-0.4, -0.2) is 32.7 Å². The van der Waals surface area contributed by atoms with Crippen LogP contribution in [0.1, 0.15) is 30.6 Å². The highest BCUT2D eigenvalue weighted by molar-refractivity contribution is 7.91. The molecule has 1 amide bonds. The number of carbonyl (C=O) groups excluding carboxylic acids is 1. The lowest BCUT2D eigenvalue weighted by molar-refractivity contribution is 0.0933. The van der Waals surface area contributed by atoms with Gasteiger partial charge in [0.25, 0.3) is 5.91 Å². The number of halogens is 2. The topological polar surface area (TPSA) is 89.3 Å². The first-order valence-electron chi connectivity index (χ1n) is 6.81. The van der Waals surface area contributed by atoms with Crippen LogP contribution in [0.4, 0.5) is 8.78 Å². The maximum Gasteiger partial charge on any atom is 0.341 e. The lowest BCUT2D eigenvalue weighted by atomic mass is 10.0. The van der Waals surface area contributed by atoms with Crippen molar-refractivity contribution < 1.29 is 22.0 Å². The fourth-order valence-electron chi connectivity index (χ4n) is 1.95. The Hall–Kier alpha value is -1.54. The molecule has 1 atom stereocenters. The highest BCUT2D eigenvalue weighted by Crippen LogP contribution is 2.18. The van der Waals surface area contributed by atoms with Crippen molar-refractivity contribution in [2.24, 2.45) is 11.7 Å². The average Bonchev–Trinajstić information content (AvgIpc) is 2.45. The van der Waals surface area contributed by atoms with Crippen LogP contribution in [0.25, 0.3) is 0 Å². The molecular weight excluding hydrogens is 314 g/mol. The second-order valence-corrected chi connectivity index (χ2v) is 7.28. The predicted molar refractivity (Wildman–Crippen MR) is 79.4 cm³/mol. The molecule has 124 valence electrons. The molecule has 0 spiro atoms. The van der Waals surface area contributed by atoms with Crippen LogP contribution in [0.3, 0.4) is 0 Å². The first-order chi connectivity index (χ1) is 10.2. The number of nitrogens with one attached hydrogen (secondary N) is 1. The second kappa shape index (κ2) is 7.64. The third-order valence-corrected chi connectivity index (χ3v) is 4.45. The predicted octanol–water partition coefficient (Wildman–Crippen LogP) is 1.79. The van der Waals surface area contributed by atoms with Gasteiger partial charge in [-0.2, -0.15) is 8.78 Å². The number of carbonyl (C=O) groups is 1. The molecule has 0 bridgehead atoms. The maximum absolute atomic E-state index is 12.4. The fourth-order valence-corrected chi connectivity index (χ4v) is 2.67. The summed E-state index contributed by atoms with van der Waals surface area (Å²) in [4.78, 5) is 11.5. The Morgan fingerprint density at radius 1 is 1.23 bits per heavy atom. The largest absolute Gasteiger partial charge is 0.348 e. The van der Waals surface area contributed by atoms with E-state index < -0.39 is 26.4 Å².